The zero-order valence-electron chi connectivity index (χ0n) is 20.3. The van der Waals surface area contributed by atoms with E-state index in [2.05, 4.69) is 25.7 Å². The lowest BCUT2D eigenvalue weighted by molar-refractivity contribution is -0.141. The highest BCUT2D eigenvalue weighted by Crippen LogP contribution is 2.25. The van der Waals surface area contributed by atoms with Crippen molar-refractivity contribution in [2.24, 2.45) is 5.92 Å². The summed E-state index contributed by atoms with van der Waals surface area (Å²) < 4.78 is 24.6. The number of carboxylic acid groups (broad SMARTS) is 1. The SMILES string of the molecule is CC(C)(C)OC(=O)N[C@@H]1CN(Cc2nnn(-c3ccc(Oc4ncc(Cl)cc4F)cc3)n2)C[C@@H]1C(=O)O. The van der Waals surface area contributed by atoms with Gasteiger partial charge in [0.2, 0.25) is 0 Å². The van der Waals surface area contributed by atoms with Crippen LogP contribution in [0.2, 0.25) is 5.02 Å². The normalized spacial score (nSPS) is 18.0. The third-order valence-electron chi connectivity index (χ3n) is 5.29. The van der Waals surface area contributed by atoms with E-state index in [9.17, 15) is 19.1 Å². The van der Waals surface area contributed by atoms with E-state index in [1.54, 1.807) is 45.0 Å². The standard InChI is InChI=1S/C23H25ClFN7O5/c1-23(2,3)37-22(35)27-18-11-31(10-16(18)21(33)34)12-19-28-30-32(29-19)14-4-6-15(7-5-14)36-20-17(25)8-13(24)9-26-20/h4-9,16,18H,10-12H2,1-3H3,(H,27,35)(H,33,34)/t16-,18+/m0/s1. The molecular formula is C23H25ClFN7O5. The number of alkyl carbamates (subject to hydrolysis) is 1. The van der Waals surface area contributed by atoms with Crippen LogP contribution in [0.3, 0.4) is 0 Å². The molecule has 14 heteroatoms. The second-order valence-corrected chi connectivity index (χ2v) is 9.86. The van der Waals surface area contributed by atoms with Gasteiger partial charge in [0.15, 0.2) is 11.6 Å². The first-order valence-electron chi connectivity index (χ1n) is 11.3. The van der Waals surface area contributed by atoms with Crippen LogP contribution >= 0.6 is 11.6 Å². The second-order valence-electron chi connectivity index (χ2n) is 9.42. The number of rotatable bonds is 7. The van der Waals surface area contributed by atoms with Gasteiger partial charge in [-0.25, -0.2) is 14.2 Å². The summed E-state index contributed by atoms with van der Waals surface area (Å²) in [6, 6.07) is 6.98. The van der Waals surface area contributed by atoms with E-state index < -0.39 is 35.4 Å². The smallest absolute Gasteiger partial charge is 0.407 e. The van der Waals surface area contributed by atoms with Gasteiger partial charge in [0, 0.05) is 19.3 Å². The van der Waals surface area contributed by atoms with Gasteiger partial charge in [0.05, 0.1) is 29.2 Å². The minimum Gasteiger partial charge on any atom is -0.481 e. The lowest BCUT2D eigenvalue weighted by atomic mass is 10.0. The third kappa shape index (κ3) is 6.89. The number of pyridine rings is 1. The quantitative estimate of drug-likeness (QED) is 0.464. The Bertz CT molecular complexity index is 1280. The molecule has 1 aromatic carbocycles. The molecule has 0 radical (unpaired) electrons. The van der Waals surface area contributed by atoms with Crippen molar-refractivity contribution in [3.8, 4) is 17.3 Å². The van der Waals surface area contributed by atoms with Crippen LogP contribution in [-0.2, 0) is 16.1 Å². The van der Waals surface area contributed by atoms with Crippen molar-refractivity contribution in [3.63, 3.8) is 0 Å². The summed E-state index contributed by atoms with van der Waals surface area (Å²) in [5.41, 5.74) is -0.124. The largest absolute Gasteiger partial charge is 0.481 e. The molecule has 1 saturated heterocycles. The fourth-order valence-corrected chi connectivity index (χ4v) is 3.87. The van der Waals surface area contributed by atoms with Crippen molar-refractivity contribution in [3.05, 3.63) is 53.2 Å². The Morgan fingerprint density at radius 1 is 1.24 bits per heavy atom. The predicted molar refractivity (Wildman–Crippen MR) is 128 cm³/mol. The van der Waals surface area contributed by atoms with Gasteiger partial charge in [0.1, 0.15) is 11.4 Å². The molecule has 4 rings (SSSR count). The molecule has 1 aliphatic heterocycles. The molecule has 0 unspecified atom stereocenters. The molecule has 0 aliphatic carbocycles. The Kier molecular flexibility index (Phi) is 7.55. The van der Waals surface area contributed by atoms with Gasteiger partial charge in [0.25, 0.3) is 5.88 Å². The number of aromatic nitrogens is 5. The zero-order valence-corrected chi connectivity index (χ0v) is 21.0. The predicted octanol–water partition coefficient (Wildman–Crippen LogP) is 3.05. The number of carboxylic acids is 1. The molecule has 3 aromatic rings. The Balaban J connectivity index is 1.37. The average Bonchev–Trinajstić information content (AvgIpc) is 3.42. The number of tetrazole rings is 1. The molecule has 1 fully saturated rings. The number of amides is 1. The highest BCUT2D eigenvalue weighted by atomic mass is 35.5. The first-order valence-corrected chi connectivity index (χ1v) is 11.7. The summed E-state index contributed by atoms with van der Waals surface area (Å²) in [5, 5.41) is 24.9. The molecule has 2 N–H and O–H groups in total. The highest BCUT2D eigenvalue weighted by Gasteiger charge is 2.39. The Morgan fingerprint density at radius 3 is 2.62 bits per heavy atom. The van der Waals surface area contributed by atoms with Gasteiger partial charge in [-0.05, 0) is 56.3 Å². The van der Waals surface area contributed by atoms with Crippen molar-refractivity contribution in [1.82, 2.24) is 35.4 Å². The number of ether oxygens (including phenoxy) is 2. The number of aliphatic carboxylic acids is 1. The van der Waals surface area contributed by atoms with E-state index in [0.717, 1.165) is 6.07 Å². The number of hydrogen-bond donors (Lipinski definition) is 2. The van der Waals surface area contributed by atoms with Crippen molar-refractivity contribution in [2.45, 2.75) is 39.0 Å². The van der Waals surface area contributed by atoms with E-state index in [1.807, 2.05) is 4.90 Å². The maximum absolute atomic E-state index is 13.9. The molecule has 0 saturated carbocycles. The van der Waals surface area contributed by atoms with Crippen LogP contribution in [-0.4, -0.2) is 72.0 Å². The van der Waals surface area contributed by atoms with Crippen LogP contribution in [0.5, 0.6) is 11.6 Å². The molecule has 12 nitrogen and oxygen atoms in total. The van der Waals surface area contributed by atoms with Crippen molar-refractivity contribution in [2.75, 3.05) is 13.1 Å². The topological polar surface area (TPSA) is 145 Å². The monoisotopic (exact) mass is 533 g/mol. The Morgan fingerprint density at radius 2 is 1.97 bits per heavy atom. The minimum atomic E-state index is -1.02. The molecule has 1 amide bonds. The van der Waals surface area contributed by atoms with Crippen molar-refractivity contribution < 1.29 is 28.6 Å². The number of carbonyl (C=O) groups is 2. The van der Waals surface area contributed by atoms with E-state index in [0.29, 0.717) is 17.3 Å². The summed E-state index contributed by atoms with van der Waals surface area (Å²) in [7, 11) is 0. The Labute approximate surface area is 216 Å². The number of halogens is 2. The molecular weight excluding hydrogens is 509 g/mol. The van der Waals surface area contributed by atoms with Gasteiger partial charge >= 0.3 is 12.1 Å². The lowest BCUT2D eigenvalue weighted by Gasteiger charge is -2.23. The van der Waals surface area contributed by atoms with Gasteiger partial charge in [-0.1, -0.05) is 11.6 Å². The van der Waals surface area contributed by atoms with Gasteiger partial charge in [-0.2, -0.15) is 0 Å². The molecule has 0 bridgehead atoms. The van der Waals surface area contributed by atoms with Crippen molar-refractivity contribution in [1.29, 1.82) is 0 Å². The van der Waals surface area contributed by atoms with E-state index >= 15 is 0 Å². The lowest BCUT2D eigenvalue weighted by Crippen LogP contribution is -2.45. The van der Waals surface area contributed by atoms with Gasteiger partial charge < -0.3 is 19.9 Å². The minimum absolute atomic E-state index is 0.162. The fourth-order valence-electron chi connectivity index (χ4n) is 3.72. The van der Waals surface area contributed by atoms with Crippen LogP contribution in [0.4, 0.5) is 9.18 Å². The molecule has 2 aromatic heterocycles. The number of benzene rings is 1. The summed E-state index contributed by atoms with van der Waals surface area (Å²) in [6.45, 7) is 5.91. The molecule has 1 aliphatic rings. The molecule has 3 heterocycles. The average molecular weight is 534 g/mol. The highest BCUT2D eigenvalue weighted by molar-refractivity contribution is 6.30. The van der Waals surface area contributed by atoms with Crippen LogP contribution in [0, 0.1) is 11.7 Å². The summed E-state index contributed by atoms with van der Waals surface area (Å²) >= 11 is 5.70. The second kappa shape index (κ2) is 10.6. The summed E-state index contributed by atoms with van der Waals surface area (Å²) in [5.74, 6) is -2.00. The number of carbonyl (C=O) groups excluding carboxylic acids is 1. The van der Waals surface area contributed by atoms with E-state index in [1.165, 1.54) is 11.0 Å². The molecule has 2 atom stereocenters. The molecule has 37 heavy (non-hydrogen) atoms. The van der Waals surface area contributed by atoms with Crippen molar-refractivity contribution >= 4 is 23.7 Å². The number of likely N-dealkylation sites (tertiary alicyclic amines) is 1. The van der Waals surface area contributed by atoms with Crippen LogP contribution in [0.1, 0.15) is 26.6 Å². The van der Waals surface area contributed by atoms with E-state index in [-0.39, 0.29) is 30.5 Å². The van der Waals surface area contributed by atoms with Gasteiger partial charge in [-0.15, -0.1) is 15.0 Å². The molecule has 0 spiro atoms. The number of nitrogens with one attached hydrogen (secondary N) is 1. The summed E-state index contributed by atoms with van der Waals surface area (Å²) in [6.07, 6.45) is 0.612. The number of hydrogen-bond acceptors (Lipinski definition) is 9. The third-order valence-corrected chi connectivity index (χ3v) is 5.50. The first kappa shape index (κ1) is 26.2. The summed E-state index contributed by atoms with van der Waals surface area (Å²) in [4.78, 5) is 30.8. The van der Waals surface area contributed by atoms with Crippen LogP contribution in [0.25, 0.3) is 5.69 Å². The first-order chi connectivity index (χ1) is 17.5. The fraction of sp³-hybridized carbons (Fsp3) is 0.391. The van der Waals surface area contributed by atoms with E-state index in [4.69, 9.17) is 21.1 Å². The zero-order chi connectivity index (χ0) is 26.7. The maximum Gasteiger partial charge on any atom is 0.407 e. The van der Waals surface area contributed by atoms with Crippen LogP contribution in [0.15, 0.2) is 36.5 Å². The maximum atomic E-state index is 13.9. The van der Waals surface area contributed by atoms with Gasteiger partial charge in [-0.3, -0.25) is 9.69 Å². The molecule has 196 valence electrons. The number of nitrogens with zero attached hydrogens (tertiary/aromatic N) is 6. The van der Waals surface area contributed by atoms with Crippen LogP contribution < -0.4 is 10.1 Å². The Hall–Kier alpha value is -3.84.